The molecule has 0 aliphatic heterocycles. The molecule has 3 rings (SSSR count). The molecule has 0 aliphatic rings. The number of benzene rings is 3. The van der Waals surface area contributed by atoms with Crippen molar-refractivity contribution in [3.05, 3.63) is 101 Å². The Morgan fingerprint density at radius 3 is 2.33 bits per heavy atom. The molecule has 0 aliphatic carbocycles. The highest BCUT2D eigenvalue weighted by Crippen LogP contribution is 2.18. The molecule has 3 aromatic carbocycles. The first-order valence-electron chi connectivity index (χ1n) is 8.66. The average molecular weight is 366 g/mol. The lowest BCUT2D eigenvalue weighted by molar-refractivity contribution is 0.102. The number of rotatable bonds is 6. The Morgan fingerprint density at radius 1 is 0.963 bits per heavy atom. The van der Waals surface area contributed by atoms with Crippen molar-refractivity contribution < 1.29 is 13.6 Å². The highest BCUT2D eigenvalue weighted by atomic mass is 19.1. The molecule has 27 heavy (non-hydrogen) atoms. The number of hydrogen-bond acceptors (Lipinski definition) is 2. The van der Waals surface area contributed by atoms with Gasteiger partial charge in [-0.1, -0.05) is 36.4 Å². The van der Waals surface area contributed by atoms with Crippen LogP contribution < -0.4 is 10.6 Å². The zero-order chi connectivity index (χ0) is 19.2. The van der Waals surface area contributed by atoms with Gasteiger partial charge in [0.1, 0.15) is 11.6 Å². The first-order valence-corrected chi connectivity index (χ1v) is 8.66. The van der Waals surface area contributed by atoms with Gasteiger partial charge in [-0.05, 0) is 42.8 Å². The predicted octanol–water partition coefficient (Wildman–Crippen LogP) is 5.07. The molecule has 0 saturated heterocycles. The summed E-state index contributed by atoms with van der Waals surface area (Å²) in [4.78, 5) is 12.2. The van der Waals surface area contributed by atoms with Gasteiger partial charge in [0.25, 0.3) is 5.91 Å². The highest BCUT2D eigenvalue weighted by Gasteiger charge is 2.11. The Kier molecular flexibility index (Phi) is 5.94. The van der Waals surface area contributed by atoms with Crippen molar-refractivity contribution in [1.82, 2.24) is 5.32 Å². The molecule has 5 heteroatoms. The largest absolute Gasteiger partial charge is 0.322 e. The molecule has 0 heterocycles. The van der Waals surface area contributed by atoms with Crippen LogP contribution in [0, 0.1) is 11.6 Å². The van der Waals surface area contributed by atoms with E-state index in [2.05, 4.69) is 10.6 Å². The maximum Gasteiger partial charge on any atom is 0.255 e. The van der Waals surface area contributed by atoms with Gasteiger partial charge in [0.15, 0.2) is 0 Å². The number of para-hydroxylation sites is 1. The molecule has 0 unspecified atom stereocenters. The summed E-state index contributed by atoms with van der Waals surface area (Å²) in [7, 11) is 0. The fourth-order valence-corrected chi connectivity index (χ4v) is 2.73. The van der Waals surface area contributed by atoms with Gasteiger partial charge in [0.2, 0.25) is 0 Å². The lowest BCUT2D eigenvalue weighted by atomic mass is 10.1. The summed E-state index contributed by atoms with van der Waals surface area (Å²) in [5.74, 6) is -1.33. The maximum atomic E-state index is 13.8. The first kappa shape index (κ1) is 18.7. The minimum Gasteiger partial charge on any atom is -0.322 e. The quantitative estimate of drug-likeness (QED) is 0.640. The summed E-state index contributed by atoms with van der Waals surface area (Å²) in [5.41, 5.74) is 2.67. The third-order valence-electron chi connectivity index (χ3n) is 4.29. The lowest BCUT2D eigenvalue weighted by Crippen LogP contribution is -2.19. The fourth-order valence-electron chi connectivity index (χ4n) is 2.73. The molecule has 0 fully saturated rings. The van der Waals surface area contributed by atoms with Crippen LogP contribution in [-0.4, -0.2) is 5.91 Å². The number of nitrogens with one attached hydrogen (secondary N) is 2. The van der Waals surface area contributed by atoms with Crippen LogP contribution in [-0.2, 0) is 6.54 Å². The Morgan fingerprint density at radius 2 is 1.67 bits per heavy atom. The molecule has 1 amide bonds. The summed E-state index contributed by atoms with van der Waals surface area (Å²) in [6.07, 6.45) is 0. The van der Waals surface area contributed by atoms with Gasteiger partial charge < -0.3 is 10.6 Å². The molecule has 0 bridgehead atoms. The molecule has 2 N–H and O–H groups in total. The van der Waals surface area contributed by atoms with E-state index in [0.29, 0.717) is 17.7 Å². The SMILES string of the molecule is C[C@H](NCc1ccc(C(=O)Nc2ccccc2)cc1)c1ccc(F)cc1F. The van der Waals surface area contributed by atoms with Gasteiger partial charge in [-0.3, -0.25) is 4.79 Å². The average Bonchev–Trinajstić information content (AvgIpc) is 2.67. The molecule has 3 aromatic rings. The number of amides is 1. The summed E-state index contributed by atoms with van der Waals surface area (Å²) in [5, 5.41) is 6.03. The molecule has 0 aromatic heterocycles. The standard InChI is InChI=1S/C22H20F2N2O/c1-15(20-12-11-18(23)13-21(20)24)25-14-16-7-9-17(10-8-16)22(27)26-19-5-3-2-4-6-19/h2-13,15,25H,14H2,1H3,(H,26,27)/t15-/m0/s1. The minimum absolute atomic E-state index is 0.178. The van der Waals surface area contributed by atoms with Crippen LogP contribution in [0.5, 0.6) is 0 Å². The fraction of sp³-hybridized carbons (Fsp3) is 0.136. The first-order chi connectivity index (χ1) is 13.0. The van der Waals surface area contributed by atoms with E-state index in [1.165, 1.54) is 12.1 Å². The number of carbonyl (C=O) groups is 1. The number of anilines is 1. The van der Waals surface area contributed by atoms with Crippen molar-refractivity contribution in [3.63, 3.8) is 0 Å². The van der Waals surface area contributed by atoms with Crippen LogP contribution in [0.15, 0.2) is 72.8 Å². The van der Waals surface area contributed by atoms with Gasteiger partial charge in [0.05, 0.1) is 0 Å². The normalized spacial score (nSPS) is 11.8. The Hall–Kier alpha value is -3.05. The van der Waals surface area contributed by atoms with Crippen LogP contribution in [0.25, 0.3) is 0 Å². The van der Waals surface area contributed by atoms with E-state index >= 15 is 0 Å². The van der Waals surface area contributed by atoms with Crippen LogP contribution >= 0.6 is 0 Å². The number of hydrogen-bond donors (Lipinski definition) is 2. The van der Waals surface area contributed by atoms with Gasteiger partial charge in [-0.2, -0.15) is 0 Å². The molecule has 0 radical (unpaired) electrons. The van der Waals surface area contributed by atoms with Crippen LogP contribution in [0.3, 0.4) is 0 Å². The van der Waals surface area contributed by atoms with E-state index in [-0.39, 0.29) is 11.9 Å². The number of carbonyl (C=O) groups excluding carboxylic acids is 1. The van der Waals surface area contributed by atoms with Crippen LogP contribution in [0.2, 0.25) is 0 Å². The summed E-state index contributed by atoms with van der Waals surface area (Å²) >= 11 is 0. The third kappa shape index (κ3) is 4.99. The Balaban J connectivity index is 1.58. The third-order valence-corrected chi connectivity index (χ3v) is 4.29. The van der Waals surface area contributed by atoms with Gasteiger partial charge in [0, 0.05) is 35.5 Å². The monoisotopic (exact) mass is 366 g/mol. The van der Waals surface area contributed by atoms with E-state index < -0.39 is 11.6 Å². The highest BCUT2D eigenvalue weighted by molar-refractivity contribution is 6.04. The van der Waals surface area contributed by atoms with Crippen molar-refractivity contribution >= 4 is 11.6 Å². The van der Waals surface area contributed by atoms with Gasteiger partial charge in [-0.25, -0.2) is 8.78 Å². The molecule has 1 atom stereocenters. The second-order valence-corrected chi connectivity index (χ2v) is 6.29. The van der Waals surface area contributed by atoms with E-state index in [1.807, 2.05) is 49.4 Å². The molecule has 0 spiro atoms. The van der Waals surface area contributed by atoms with Crippen molar-refractivity contribution in [2.75, 3.05) is 5.32 Å². The van der Waals surface area contributed by atoms with E-state index in [1.54, 1.807) is 12.1 Å². The predicted molar refractivity (Wildman–Crippen MR) is 102 cm³/mol. The van der Waals surface area contributed by atoms with Gasteiger partial charge >= 0.3 is 0 Å². The zero-order valence-electron chi connectivity index (χ0n) is 14.9. The van der Waals surface area contributed by atoms with Gasteiger partial charge in [-0.15, -0.1) is 0 Å². The lowest BCUT2D eigenvalue weighted by Gasteiger charge is -2.15. The smallest absolute Gasteiger partial charge is 0.255 e. The molecule has 0 saturated carbocycles. The molecular formula is C22H20F2N2O. The van der Waals surface area contributed by atoms with E-state index in [0.717, 1.165) is 17.3 Å². The summed E-state index contributed by atoms with van der Waals surface area (Å²) in [6.45, 7) is 2.32. The minimum atomic E-state index is -0.590. The van der Waals surface area contributed by atoms with E-state index in [9.17, 15) is 13.6 Å². The van der Waals surface area contributed by atoms with E-state index in [4.69, 9.17) is 0 Å². The van der Waals surface area contributed by atoms with Crippen molar-refractivity contribution in [2.24, 2.45) is 0 Å². The Labute approximate surface area is 157 Å². The summed E-state index contributed by atoms with van der Waals surface area (Å²) in [6, 6.07) is 19.7. The number of halogens is 2. The maximum absolute atomic E-state index is 13.8. The Bertz CT molecular complexity index is 911. The topological polar surface area (TPSA) is 41.1 Å². The van der Waals surface area contributed by atoms with Crippen LogP contribution in [0.1, 0.15) is 34.5 Å². The molecule has 3 nitrogen and oxygen atoms in total. The van der Waals surface area contributed by atoms with Crippen LogP contribution in [0.4, 0.5) is 14.5 Å². The second kappa shape index (κ2) is 8.56. The molecular weight excluding hydrogens is 346 g/mol. The van der Waals surface area contributed by atoms with Crippen molar-refractivity contribution in [1.29, 1.82) is 0 Å². The van der Waals surface area contributed by atoms with Crippen molar-refractivity contribution in [3.8, 4) is 0 Å². The second-order valence-electron chi connectivity index (χ2n) is 6.29. The van der Waals surface area contributed by atoms with Crippen molar-refractivity contribution in [2.45, 2.75) is 19.5 Å². The summed E-state index contributed by atoms with van der Waals surface area (Å²) < 4.78 is 26.8. The molecule has 138 valence electrons. The zero-order valence-corrected chi connectivity index (χ0v) is 14.9.